The average Bonchev–Trinajstić information content (AvgIpc) is 1.88. The maximum absolute atomic E-state index is 3.22. The molecule has 0 unspecified atom stereocenters. The van der Waals surface area contributed by atoms with Gasteiger partial charge in [0.15, 0.2) is 0 Å². The van der Waals surface area contributed by atoms with Gasteiger partial charge < -0.3 is 11.0 Å². The van der Waals surface area contributed by atoms with Gasteiger partial charge in [-0.1, -0.05) is 0 Å². The van der Waals surface area contributed by atoms with Gasteiger partial charge in [-0.05, 0) is 33.9 Å². The zero-order valence-corrected chi connectivity index (χ0v) is 10.5. The minimum absolute atomic E-state index is 0. The van der Waals surface area contributed by atoms with Crippen LogP contribution in [0.4, 0.5) is 0 Å². The van der Waals surface area contributed by atoms with Crippen LogP contribution in [0.2, 0.25) is 0 Å². The van der Waals surface area contributed by atoms with Crippen LogP contribution < -0.4 is 0 Å². The molecular weight excluding hydrogens is 306 g/mol. The molecule has 0 bridgehead atoms. The predicted octanol–water partition coefficient (Wildman–Crippen LogP) is 1.85. The average molecular weight is 322 g/mol. The van der Waals surface area contributed by atoms with E-state index in [-0.39, 0.29) is 21.1 Å². The van der Waals surface area contributed by atoms with Gasteiger partial charge in [0.1, 0.15) is 0 Å². The van der Waals surface area contributed by atoms with Crippen molar-refractivity contribution in [1.29, 1.82) is 0 Å². The smallest absolute Gasteiger partial charge is 0.498 e. The van der Waals surface area contributed by atoms with E-state index in [1.54, 1.807) is 0 Å². The standard InChI is InChI=1S/C9H16N.W/c1-9(2,3)10-7-5-4-6-8-10;/h5H,6-8H2,1-3H3;/q-1;+2. The van der Waals surface area contributed by atoms with Crippen LogP contribution in [0.15, 0.2) is 6.08 Å². The maximum atomic E-state index is 3.22. The largest absolute Gasteiger partial charge is 2.00 e. The fourth-order valence-corrected chi connectivity index (χ4v) is 1.18. The van der Waals surface area contributed by atoms with E-state index in [4.69, 9.17) is 0 Å². The van der Waals surface area contributed by atoms with Crippen LogP contribution in [-0.2, 0) is 21.1 Å². The quantitative estimate of drug-likeness (QED) is 0.615. The normalized spacial score (nSPS) is 19.5. The monoisotopic (exact) mass is 322 g/mol. The molecule has 0 atom stereocenters. The molecule has 0 saturated heterocycles. The second-order valence-electron chi connectivity index (χ2n) is 3.78. The first-order valence-corrected chi connectivity index (χ1v) is 3.91. The van der Waals surface area contributed by atoms with Gasteiger partial charge in [-0.2, -0.15) is 6.42 Å². The molecule has 0 fully saturated rings. The van der Waals surface area contributed by atoms with E-state index >= 15 is 0 Å². The summed E-state index contributed by atoms with van der Waals surface area (Å²) in [6.07, 6.45) is 6.45. The zero-order chi connectivity index (χ0) is 7.61. The van der Waals surface area contributed by atoms with Crippen LogP contribution in [0.1, 0.15) is 27.2 Å². The van der Waals surface area contributed by atoms with E-state index in [9.17, 15) is 0 Å². The van der Waals surface area contributed by atoms with E-state index < -0.39 is 0 Å². The van der Waals surface area contributed by atoms with E-state index in [2.05, 4.69) is 37.8 Å². The maximum Gasteiger partial charge on any atom is 2.00 e. The summed E-state index contributed by atoms with van der Waals surface area (Å²) in [7, 11) is 0. The molecule has 1 aliphatic heterocycles. The summed E-state index contributed by atoms with van der Waals surface area (Å²) < 4.78 is 0. The van der Waals surface area contributed by atoms with Gasteiger partial charge in [-0.3, -0.25) is 6.08 Å². The Kier molecular flexibility index (Phi) is 4.58. The molecule has 0 saturated carbocycles. The Bertz CT molecular complexity index is 135. The fraction of sp³-hybridized carbons (Fsp3) is 0.778. The van der Waals surface area contributed by atoms with E-state index in [1.807, 2.05) is 0 Å². The van der Waals surface area contributed by atoms with Crippen molar-refractivity contribution >= 4 is 0 Å². The van der Waals surface area contributed by atoms with Crippen LogP contribution in [0.5, 0.6) is 0 Å². The van der Waals surface area contributed by atoms with Crippen molar-refractivity contribution in [2.24, 2.45) is 0 Å². The molecule has 0 aromatic rings. The van der Waals surface area contributed by atoms with Gasteiger partial charge in [0.25, 0.3) is 0 Å². The van der Waals surface area contributed by atoms with Crippen molar-refractivity contribution in [2.45, 2.75) is 32.7 Å². The Morgan fingerprint density at radius 3 is 2.27 bits per heavy atom. The fourth-order valence-electron chi connectivity index (χ4n) is 1.18. The molecule has 1 rings (SSSR count). The first-order chi connectivity index (χ1) is 4.61. The molecule has 0 aromatic heterocycles. The van der Waals surface area contributed by atoms with Gasteiger partial charge in [0, 0.05) is 5.54 Å². The summed E-state index contributed by atoms with van der Waals surface area (Å²) >= 11 is 0. The molecule has 0 aromatic carbocycles. The van der Waals surface area contributed by atoms with Crippen molar-refractivity contribution in [2.75, 3.05) is 13.1 Å². The first kappa shape index (κ1) is 11.4. The van der Waals surface area contributed by atoms with E-state index in [1.165, 1.54) is 6.54 Å². The van der Waals surface area contributed by atoms with Gasteiger partial charge in [-0.15, -0.1) is 0 Å². The Morgan fingerprint density at radius 2 is 2.00 bits per heavy atom. The Morgan fingerprint density at radius 1 is 1.36 bits per heavy atom. The number of hydrogen-bond acceptors (Lipinski definition) is 1. The molecule has 62 valence electrons. The van der Waals surface area contributed by atoms with Crippen molar-refractivity contribution < 1.29 is 21.1 Å². The topological polar surface area (TPSA) is 3.24 Å². The minimum atomic E-state index is 0. The third kappa shape index (κ3) is 3.53. The number of rotatable bonds is 0. The van der Waals surface area contributed by atoms with Crippen LogP contribution >= 0.6 is 0 Å². The molecule has 1 aliphatic rings. The predicted molar refractivity (Wildman–Crippen MR) is 43.8 cm³/mol. The first-order valence-electron chi connectivity index (χ1n) is 3.91. The Hall–Kier alpha value is 0.388. The number of hydrogen-bond donors (Lipinski definition) is 0. The van der Waals surface area contributed by atoms with Crippen LogP contribution in [0.25, 0.3) is 0 Å². The van der Waals surface area contributed by atoms with Gasteiger partial charge in [0.2, 0.25) is 0 Å². The van der Waals surface area contributed by atoms with Crippen LogP contribution in [0, 0.1) is 6.08 Å². The molecule has 0 radical (unpaired) electrons. The molecule has 0 N–H and O–H groups in total. The molecule has 0 spiro atoms. The second-order valence-corrected chi connectivity index (χ2v) is 3.78. The summed E-state index contributed by atoms with van der Waals surface area (Å²) in [6.45, 7) is 9.01. The van der Waals surface area contributed by atoms with Crippen molar-refractivity contribution in [3.8, 4) is 0 Å². The molecule has 0 aliphatic carbocycles. The van der Waals surface area contributed by atoms with Gasteiger partial charge in [-0.25, -0.2) is 0 Å². The van der Waals surface area contributed by atoms with Crippen LogP contribution in [-0.4, -0.2) is 23.5 Å². The number of nitrogens with zero attached hydrogens (tertiary/aromatic N) is 1. The van der Waals surface area contributed by atoms with Crippen molar-refractivity contribution in [3.63, 3.8) is 0 Å². The molecular formula is C9H16NW+. The Labute approximate surface area is 84.1 Å². The van der Waals surface area contributed by atoms with Crippen molar-refractivity contribution in [3.05, 3.63) is 12.2 Å². The van der Waals surface area contributed by atoms with E-state index in [0.717, 1.165) is 13.0 Å². The molecule has 1 heterocycles. The Balaban J connectivity index is 0.000001000. The van der Waals surface area contributed by atoms with Crippen LogP contribution in [0.3, 0.4) is 0 Å². The minimum Gasteiger partial charge on any atom is -0.498 e. The zero-order valence-electron chi connectivity index (χ0n) is 7.55. The third-order valence-corrected chi connectivity index (χ3v) is 1.93. The van der Waals surface area contributed by atoms with E-state index in [0.29, 0.717) is 5.54 Å². The summed E-state index contributed by atoms with van der Waals surface area (Å²) in [5.41, 5.74) is 0.332. The molecule has 0 amide bonds. The third-order valence-electron chi connectivity index (χ3n) is 1.93. The second kappa shape index (κ2) is 4.42. The SMILES string of the molecule is CC(C)(C)N1CC=[C-]CC1.[W+2]. The molecule has 2 heteroatoms. The summed E-state index contributed by atoms with van der Waals surface area (Å²) in [5.74, 6) is 0. The molecule has 11 heavy (non-hydrogen) atoms. The summed E-state index contributed by atoms with van der Waals surface area (Å²) in [4.78, 5) is 2.46. The molecule has 1 nitrogen and oxygen atoms in total. The van der Waals surface area contributed by atoms with Crippen molar-refractivity contribution in [1.82, 2.24) is 4.90 Å². The van der Waals surface area contributed by atoms with Gasteiger partial charge in [0.05, 0.1) is 0 Å². The summed E-state index contributed by atoms with van der Waals surface area (Å²) in [6, 6.07) is 0. The summed E-state index contributed by atoms with van der Waals surface area (Å²) in [5, 5.41) is 0. The van der Waals surface area contributed by atoms with Gasteiger partial charge >= 0.3 is 21.1 Å².